The molecule has 0 aliphatic carbocycles. The molecule has 2 aliphatic heterocycles. The van der Waals surface area contributed by atoms with Crippen molar-refractivity contribution in [1.82, 2.24) is 10.2 Å². The van der Waals surface area contributed by atoms with E-state index < -0.39 is 0 Å². The highest BCUT2D eigenvalue weighted by Crippen LogP contribution is 2.38. The third kappa shape index (κ3) is 3.27. The van der Waals surface area contributed by atoms with Gasteiger partial charge in [0, 0.05) is 17.5 Å². The summed E-state index contributed by atoms with van der Waals surface area (Å²) < 4.78 is 0. The van der Waals surface area contributed by atoms with Gasteiger partial charge < -0.3 is 10.2 Å². The average Bonchev–Trinajstić information content (AvgIpc) is 2.96. The second kappa shape index (κ2) is 6.84. The van der Waals surface area contributed by atoms with Crippen molar-refractivity contribution >= 4 is 17.7 Å². The molecule has 114 valence electrons. The third-order valence-electron chi connectivity index (χ3n) is 4.56. The number of piperidine rings is 1. The van der Waals surface area contributed by atoms with Gasteiger partial charge in [-0.1, -0.05) is 18.2 Å². The lowest BCUT2D eigenvalue weighted by Crippen LogP contribution is -2.48. The Morgan fingerprint density at radius 2 is 2.24 bits per heavy atom. The van der Waals surface area contributed by atoms with Gasteiger partial charge in [-0.2, -0.15) is 0 Å². The lowest BCUT2D eigenvalue weighted by atomic mass is 9.98. The lowest BCUT2D eigenvalue weighted by molar-refractivity contribution is -0.134. The number of amides is 1. The van der Waals surface area contributed by atoms with Gasteiger partial charge in [0.25, 0.3) is 0 Å². The maximum absolute atomic E-state index is 12.9. The number of hydrogen-bond donors (Lipinski definition) is 1. The first-order valence-corrected chi connectivity index (χ1v) is 8.87. The monoisotopic (exact) mass is 304 g/mol. The fraction of sp³-hybridized carbons (Fsp3) is 0.588. The molecule has 1 aromatic carbocycles. The molecule has 3 nitrogen and oxygen atoms in total. The first-order chi connectivity index (χ1) is 10.3. The molecular weight excluding hydrogens is 280 g/mol. The van der Waals surface area contributed by atoms with Gasteiger partial charge in [-0.05, 0) is 57.3 Å². The van der Waals surface area contributed by atoms with Crippen LogP contribution in [0.1, 0.15) is 31.2 Å². The molecule has 1 N–H and O–H groups in total. The molecule has 2 atom stereocenters. The Morgan fingerprint density at radius 3 is 3.05 bits per heavy atom. The zero-order valence-electron chi connectivity index (χ0n) is 12.7. The van der Waals surface area contributed by atoms with Gasteiger partial charge in [0.15, 0.2) is 0 Å². The molecule has 4 heteroatoms. The number of rotatable bonds is 4. The molecule has 2 unspecified atom stereocenters. The van der Waals surface area contributed by atoms with Crippen LogP contribution in [0.15, 0.2) is 29.2 Å². The molecule has 0 bridgehead atoms. The van der Waals surface area contributed by atoms with Crippen LogP contribution in [0.3, 0.4) is 0 Å². The van der Waals surface area contributed by atoms with Crippen molar-refractivity contribution in [2.75, 3.05) is 20.1 Å². The van der Waals surface area contributed by atoms with E-state index in [1.54, 1.807) is 11.8 Å². The molecule has 0 radical (unpaired) electrons. The van der Waals surface area contributed by atoms with Crippen LogP contribution in [0.2, 0.25) is 0 Å². The molecule has 1 saturated heterocycles. The molecule has 1 fully saturated rings. The van der Waals surface area contributed by atoms with Gasteiger partial charge in [0.1, 0.15) is 0 Å². The summed E-state index contributed by atoms with van der Waals surface area (Å²) >= 11 is 1.76. The predicted molar refractivity (Wildman–Crippen MR) is 87.7 cm³/mol. The van der Waals surface area contributed by atoms with E-state index >= 15 is 0 Å². The van der Waals surface area contributed by atoms with Crippen LogP contribution in [-0.4, -0.2) is 42.2 Å². The van der Waals surface area contributed by atoms with E-state index in [0.717, 1.165) is 38.8 Å². The number of likely N-dealkylation sites (tertiary alicyclic amines) is 1. The standard InChI is InChI=1S/C17H24N2OS/c1-18-10-9-14-7-4-5-11-19(14)17(20)16-12-13-6-2-3-8-15(13)21-16/h2-3,6,8,14,16,18H,4-5,7,9-12H2,1H3. The highest BCUT2D eigenvalue weighted by molar-refractivity contribution is 8.01. The minimum Gasteiger partial charge on any atom is -0.339 e. The summed E-state index contributed by atoms with van der Waals surface area (Å²) in [6.07, 6.45) is 5.56. The maximum Gasteiger partial charge on any atom is 0.236 e. The Bertz CT molecular complexity index is 480. The molecular formula is C17H24N2OS. The largest absolute Gasteiger partial charge is 0.339 e. The van der Waals surface area contributed by atoms with Crippen molar-refractivity contribution in [2.45, 2.75) is 48.3 Å². The summed E-state index contributed by atoms with van der Waals surface area (Å²) in [5, 5.41) is 3.31. The number of hydrogen-bond acceptors (Lipinski definition) is 3. The highest BCUT2D eigenvalue weighted by atomic mass is 32.2. The van der Waals surface area contributed by atoms with Gasteiger partial charge >= 0.3 is 0 Å². The first kappa shape index (κ1) is 14.9. The van der Waals surface area contributed by atoms with E-state index in [2.05, 4.69) is 34.5 Å². The molecule has 0 saturated carbocycles. The highest BCUT2D eigenvalue weighted by Gasteiger charge is 2.35. The molecule has 0 aromatic heterocycles. The summed E-state index contributed by atoms with van der Waals surface area (Å²) in [7, 11) is 1.98. The van der Waals surface area contributed by atoms with Crippen LogP contribution in [0.5, 0.6) is 0 Å². The Kier molecular flexibility index (Phi) is 4.86. The van der Waals surface area contributed by atoms with Crippen LogP contribution in [0, 0.1) is 0 Å². The summed E-state index contributed by atoms with van der Waals surface area (Å²) in [6.45, 7) is 1.94. The number of benzene rings is 1. The summed E-state index contributed by atoms with van der Waals surface area (Å²) in [6, 6.07) is 8.87. The minimum atomic E-state index is 0.0950. The SMILES string of the molecule is CNCCC1CCCCN1C(=O)C1Cc2ccccc2S1. The van der Waals surface area contributed by atoms with Crippen molar-refractivity contribution in [3.05, 3.63) is 29.8 Å². The van der Waals surface area contributed by atoms with E-state index in [9.17, 15) is 4.79 Å². The smallest absolute Gasteiger partial charge is 0.236 e. The predicted octanol–water partition coefficient (Wildman–Crippen LogP) is 2.69. The van der Waals surface area contributed by atoms with Gasteiger partial charge in [0.2, 0.25) is 5.91 Å². The van der Waals surface area contributed by atoms with Gasteiger partial charge in [-0.3, -0.25) is 4.79 Å². The van der Waals surface area contributed by atoms with Gasteiger partial charge in [0.05, 0.1) is 5.25 Å². The van der Waals surface area contributed by atoms with Crippen LogP contribution in [0.25, 0.3) is 0 Å². The second-order valence-corrected chi connectivity index (χ2v) is 7.24. The zero-order valence-corrected chi connectivity index (χ0v) is 13.5. The third-order valence-corrected chi connectivity index (χ3v) is 5.87. The topological polar surface area (TPSA) is 32.3 Å². The number of carbonyl (C=O) groups excluding carboxylic acids is 1. The fourth-order valence-electron chi connectivity index (χ4n) is 3.41. The van der Waals surface area contributed by atoms with Crippen LogP contribution >= 0.6 is 11.8 Å². The van der Waals surface area contributed by atoms with Gasteiger partial charge in [-0.15, -0.1) is 11.8 Å². The van der Waals surface area contributed by atoms with Crippen molar-refractivity contribution < 1.29 is 4.79 Å². The Labute approximate surface area is 131 Å². The molecule has 3 rings (SSSR count). The summed E-state index contributed by atoms with van der Waals surface area (Å²) in [5.74, 6) is 0.358. The Morgan fingerprint density at radius 1 is 1.38 bits per heavy atom. The van der Waals surface area contributed by atoms with E-state index in [1.807, 2.05) is 7.05 Å². The average molecular weight is 304 g/mol. The van der Waals surface area contributed by atoms with Crippen molar-refractivity contribution in [3.8, 4) is 0 Å². The number of thioether (sulfide) groups is 1. The van der Waals surface area contributed by atoms with E-state index in [0.29, 0.717) is 11.9 Å². The number of fused-ring (bicyclic) bond motifs is 1. The Balaban J connectivity index is 1.67. The van der Waals surface area contributed by atoms with E-state index in [4.69, 9.17) is 0 Å². The van der Waals surface area contributed by atoms with E-state index in [-0.39, 0.29) is 5.25 Å². The zero-order chi connectivity index (χ0) is 14.7. The molecule has 21 heavy (non-hydrogen) atoms. The van der Waals surface area contributed by atoms with Gasteiger partial charge in [-0.25, -0.2) is 0 Å². The quantitative estimate of drug-likeness (QED) is 0.928. The normalized spacial score (nSPS) is 24.9. The van der Waals surface area contributed by atoms with Crippen LogP contribution in [-0.2, 0) is 11.2 Å². The molecule has 1 amide bonds. The summed E-state index contributed by atoms with van der Waals surface area (Å²) in [5.41, 5.74) is 1.34. The maximum atomic E-state index is 12.9. The van der Waals surface area contributed by atoms with Crippen molar-refractivity contribution in [1.29, 1.82) is 0 Å². The summed E-state index contributed by atoms with van der Waals surface area (Å²) in [4.78, 5) is 16.4. The minimum absolute atomic E-state index is 0.0950. The van der Waals surface area contributed by atoms with E-state index in [1.165, 1.54) is 16.9 Å². The van der Waals surface area contributed by atoms with Crippen LogP contribution in [0.4, 0.5) is 0 Å². The number of nitrogens with zero attached hydrogens (tertiary/aromatic N) is 1. The molecule has 1 aromatic rings. The molecule has 2 heterocycles. The first-order valence-electron chi connectivity index (χ1n) is 7.99. The Hall–Kier alpha value is -1.00. The molecule has 0 spiro atoms. The number of nitrogens with one attached hydrogen (secondary N) is 1. The second-order valence-electron chi connectivity index (χ2n) is 5.99. The van der Waals surface area contributed by atoms with Crippen molar-refractivity contribution in [2.24, 2.45) is 0 Å². The van der Waals surface area contributed by atoms with Crippen LogP contribution < -0.4 is 5.32 Å². The lowest BCUT2D eigenvalue weighted by Gasteiger charge is -2.37. The fourth-order valence-corrected chi connectivity index (χ4v) is 4.67. The van der Waals surface area contributed by atoms with Crippen molar-refractivity contribution in [3.63, 3.8) is 0 Å². The number of carbonyl (C=O) groups is 1. The molecule has 2 aliphatic rings.